The Balaban J connectivity index is 1.54. The van der Waals surface area contributed by atoms with Crippen LogP contribution < -0.4 is 10.2 Å². The first-order chi connectivity index (χ1) is 14.4. The molecule has 2 saturated heterocycles. The molecule has 0 bridgehead atoms. The van der Waals surface area contributed by atoms with Gasteiger partial charge < -0.3 is 15.1 Å². The number of hydrogen-bond donors (Lipinski definition) is 1. The number of halogens is 1. The van der Waals surface area contributed by atoms with Gasteiger partial charge in [-0.2, -0.15) is 0 Å². The summed E-state index contributed by atoms with van der Waals surface area (Å²) in [6.45, 7) is 1.73. The summed E-state index contributed by atoms with van der Waals surface area (Å²) in [6.07, 6.45) is 2.36. The molecule has 9 heteroatoms. The maximum absolute atomic E-state index is 12.9. The van der Waals surface area contributed by atoms with E-state index in [4.69, 9.17) is 11.6 Å². The van der Waals surface area contributed by atoms with Gasteiger partial charge in [-0.3, -0.25) is 19.7 Å². The number of nitrogens with zero attached hydrogens (tertiary/aromatic N) is 3. The Kier molecular flexibility index (Phi) is 5.59. The van der Waals surface area contributed by atoms with Gasteiger partial charge >= 0.3 is 0 Å². The third kappa shape index (κ3) is 3.95. The number of carbonyl (C=O) groups excluding carboxylic acids is 2. The molecular formula is C21H21ClN4O4. The Labute approximate surface area is 178 Å². The molecule has 2 aliphatic rings. The number of likely N-dealkylation sites (tertiary alicyclic amines) is 1. The summed E-state index contributed by atoms with van der Waals surface area (Å²) in [5.74, 6) is -0.454. The standard InChI is InChI=1S/C21H21ClN4O4/c22-14-4-3-5-16(12-14)25-11-8-18(21(25)28)23-15-6-7-19(26(29)30)17(13-15)20(27)24-9-1-2-10-24/h3-7,12-13,18,23H,1-2,8-11H2. The molecule has 30 heavy (non-hydrogen) atoms. The third-order valence-corrected chi connectivity index (χ3v) is 5.72. The number of nitrogens with one attached hydrogen (secondary N) is 1. The van der Waals surface area contributed by atoms with Crippen molar-refractivity contribution in [3.63, 3.8) is 0 Å². The quantitative estimate of drug-likeness (QED) is 0.578. The van der Waals surface area contributed by atoms with Crippen LogP contribution in [0.25, 0.3) is 0 Å². The molecule has 1 unspecified atom stereocenters. The van der Waals surface area contributed by atoms with Crippen LogP contribution >= 0.6 is 11.6 Å². The first-order valence-corrected chi connectivity index (χ1v) is 10.2. The van der Waals surface area contributed by atoms with Crippen molar-refractivity contribution in [3.8, 4) is 0 Å². The zero-order valence-corrected chi connectivity index (χ0v) is 17.0. The number of carbonyl (C=O) groups is 2. The van der Waals surface area contributed by atoms with Crippen molar-refractivity contribution in [2.45, 2.75) is 25.3 Å². The highest BCUT2D eigenvalue weighted by Gasteiger charge is 2.33. The van der Waals surface area contributed by atoms with E-state index in [0.29, 0.717) is 36.8 Å². The minimum Gasteiger partial charge on any atom is -0.374 e. The van der Waals surface area contributed by atoms with Crippen LogP contribution in [0.3, 0.4) is 0 Å². The predicted molar refractivity (Wildman–Crippen MR) is 114 cm³/mol. The molecule has 2 amide bonds. The molecule has 1 N–H and O–H groups in total. The van der Waals surface area contributed by atoms with Gasteiger partial charge in [-0.1, -0.05) is 17.7 Å². The molecule has 2 aromatic rings. The van der Waals surface area contributed by atoms with Gasteiger partial charge in [-0.25, -0.2) is 0 Å². The molecule has 1 atom stereocenters. The van der Waals surface area contributed by atoms with Crippen molar-refractivity contribution < 1.29 is 14.5 Å². The minimum atomic E-state index is -0.547. The molecule has 8 nitrogen and oxygen atoms in total. The van der Waals surface area contributed by atoms with Crippen molar-refractivity contribution in [1.29, 1.82) is 0 Å². The summed E-state index contributed by atoms with van der Waals surface area (Å²) < 4.78 is 0. The highest BCUT2D eigenvalue weighted by atomic mass is 35.5. The second-order valence-corrected chi connectivity index (χ2v) is 7.88. The maximum Gasteiger partial charge on any atom is 0.282 e. The summed E-state index contributed by atoms with van der Waals surface area (Å²) in [5.41, 5.74) is 1.06. The molecule has 156 valence electrons. The molecule has 0 radical (unpaired) electrons. The summed E-state index contributed by atoms with van der Waals surface area (Å²) in [6, 6.07) is 10.9. The highest BCUT2D eigenvalue weighted by molar-refractivity contribution is 6.31. The predicted octanol–water partition coefficient (Wildman–Crippen LogP) is 3.70. The Morgan fingerprint density at radius 1 is 1.13 bits per heavy atom. The Morgan fingerprint density at radius 3 is 2.60 bits per heavy atom. The number of amides is 2. The van der Waals surface area contributed by atoms with E-state index < -0.39 is 11.0 Å². The monoisotopic (exact) mass is 428 g/mol. The minimum absolute atomic E-state index is 0.0454. The molecule has 4 rings (SSSR count). The van der Waals surface area contributed by atoms with Crippen molar-refractivity contribution in [3.05, 3.63) is 63.2 Å². The Bertz CT molecular complexity index is 1010. The molecule has 0 aliphatic carbocycles. The van der Waals surface area contributed by atoms with E-state index in [2.05, 4.69) is 5.32 Å². The summed E-state index contributed by atoms with van der Waals surface area (Å²) in [4.78, 5) is 39.8. The topological polar surface area (TPSA) is 95.8 Å². The molecule has 2 fully saturated rings. The van der Waals surface area contributed by atoms with Gasteiger partial charge in [0.2, 0.25) is 5.91 Å². The van der Waals surface area contributed by atoms with Crippen molar-refractivity contribution in [1.82, 2.24) is 4.90 Å². The van der Waals surface area contributed by atoms with Gasteiger partial charge in [-0.05, 0) is 49.6 Å². The zero-order valence-electron chi connectivity index (χ0n) is 16.2. The zero-order chi connectivity index (χ0) is 21.3. The lowest BCUT2D eigenvalue weighted by molar-refractivity contribution is -0.385. The van der Waals surface area contributed by atoms with Crippen molar-refractivity contribution in [2.24, 2.45) is 0 Å². The van der Waals surface area contributed by atoms with Crippen LogP contribution in [0.2, 0.25) is 5.02 Å². The van der Waals surface area contributed by atoms with E-state index in [9.17, 15) is 19.7 Å². The van der Waals surface area contributed by atoms with Crippen LogP contribution in [-0.4, -0.2) is 47.3 Å². The van der Waals surface area contributed by atoms with Crippen LogP contribution in [0.15, 0.2) is 42.5 Å². The van der Waals surface area contributed by atoms with Gasteiger partial charge in [0.15, 0.2) is 0 Å². The fraction of sp³-hybridized carbons (Fsp3) is 0.333. The fourth-order valence-corrected chi connectivity index (χ4v) is 4.15. The first-order valence-electron chi connectivity index (χ1n) is 9.85. The highest BCUT2D eigenvalue weighted by Crippen LogP contribution is 2.29. The Hall–Kier alpha value is -3.13. The average molecular weight is 429 g/mol. The van der Waals surface area contributed by atoms with Crippen LogP contribution in [0.5, 0.6) is 0 Å². The average Bonchev–Trinajstić information content (AvgIpc) is 3.38. The summed E-state index contributed by atoms with van der Waals surface area (Å²) in [5, 5.41) is 15.1. The van der Waals surface area contributed by atoms with E-state index in [1.807, 2.05) is 6.07 Å². The van der Waals surface area contributed by atoms with E-state index >= 15 is 0 Å². The molecule has 2 heterocycles. The second kappa shape index (κ2) is 8.31. The number of hydrogen-bond acceptors (Lipinski definition) is 5. The smallest absolute Gasteiger partial charge is 0.282 e. The SMILES string of the molecule is O=C(c1cc(NC2CCN(c3cccc(Cl)c3)C2=O)ccc1[N+](=O)[O-])N1CCCC1. The molecule has 0 aromatic heterocycles. The van der Waals surface area contributed by atoms with E-state index in [0.717, 1.165) is 18.5 Å². The molecule has 2 aromatic carbocycles. The number of nitro benzene ring substituents is 1. The van der Waals surface area contributed by atoms with Gasteiger partial charge in [0.05, 0.1) is 4.92 Å². The van der Waals surface area contributed by atoms with Crippen molar-refractivity contribution >= 4 is 40.5 Å². The number of rotatable bonds is 5. The van der Waals surface area contributed by atoms with Gasteiger partial charge in [0.25, 0.3) is 11.6 Å². The lowest BCUT2D eigenvalue weighted by atomic mass is 10.1. The van der Waals surface area contributed by atoms with Crippen LogP contribution in [0, 0.1) is 10.1 Å². The molecule has 0 spiro atoms. The number of anilines is 2. The lowest BCUT2D eigenvalue weighted by Crippen LogP contribution is -2.33. The molecular weight excluding hydrogens is 408 g/mol. The second-order valence-electron chi connectivity index (χ2n) is 7.44. The maximum atomic E-state index is 12.9. The first kappa shape index (κ1) is 20.2. The fourth-order valence-electron chi connectivity index (χ4n) is 3.96. The summed E-state index contributed by atoms with van der Waals surface area (Å²) in [7, 11) is 0. The summed E-state index contributed by atoms with van der Waals surface area (Å²) >= 11 is 6.03. The third-order valence-electron chi connectivity index (χ3n) is 5.48. The van der Waals surface area contributed by atoms with Crippen LogP contribution in [0.4, 0.5) is 17.1 Å². The van der Waals surface area contributed by atoms with Gasteiger partial charge in [-0.15, -0.1) is 0 Å². The van der Waals surface area contributed by atoms with Crippen LogP contribution in [-0.2, 0) is 4.79 Å². The van der Waals surface area contributed by atoms with Crippen molar-refractivity contribution in [2.75, 3.05) is 29.9 Å². The van der Waals surface area contributed by atoms with E-state index in [1.54, 1.807) is 28.0 Å². The molecule has 0 saturated carbocycles. The van der Waals surface area contributed by atoms with Gasteiger partial charge in [0.1, 0.15) is 11.6 Å². The number of benzene rings is 2. The lowest BCUT2D eigenvalue weighted by Gasteiger charge is -2.19. The molecule has 2 aliphatic heterocycles. The van der Waals surface area contributed by atoms with E-state index in [1.165, 1.54) is 18.2 Å². The normalized spacial score (nSPS) is 18.7. The van der Waals surface area contributed by atoms with Gasteiger partial charge in [0, 0.05) is 42.1 Å². The van der Waals surface area contributed by atoms with Crippen LogP contribution in [0.1, 0.15) is 29.6 Å². The van der Waals surface area contributed by atoms with E-state index in [-0.39, 0.29) is 23.1 Å². The Morgan fingerprint density at radius 2 is 1.90 bits per heavy atom. The largest absolute Gasteiger partial charge is 0.374 e. The number of nitro groups is 1.